The van der Waals surface area contributed by atoms with Gasteiger partial charge in [-0.2, -0.15) is 0 Å². The van der Waals surface area contributed by atoms with E-state index in [1.807, 2.05) is 54.6 Å². The first-order valence-electron chi connectivity index (χ1n) is 14.1. The van der Waals surface area contributed by atoms with Crippen LogP contribution >= 0.6 is 0 Å². The number of imidazole rings is 2. The Morgan fingerprint density at radius 1 is 0.442 bits per heavy atom. The Bertz CT molecular complexity index is 2820. The summed E-state index contributed by atoms with van der Waals surface area (Å²) in [6.45, 7) is 0. The summed E-state index contributed by atoms with van der Waals surface area (Å²) in [5.74, 6) is 1.21. The average Bonchev–Trinajstić information content (AvgIpc) is 3.74. The van der Waals surface area contributed by atoms with E-state index in [1.165, 1.54) is 0 Å². The number of nitrogens with one attached hydrogen (secondary N) is 3. The van der Waals surface area contributed by atoms with Gasteiger partial charge in [-0.25, -0.2) is 9.97 Å². The van der Waals surface area contributed by atoms with Crippen molar-refractivity contribution in [2.24, 2.45) is 0 Å². The van der Waals surface area contributed by atoms with E-state index in [4.69, 9.17) is 9.97 Å². The van der Waals surface area contributed by atoms with Crippen LogP contribution in [0.15, 0.2) is 107 Å². The highest BCUT2D eigenvalue weighted by Gasteiger charge is 2.28. The molecule has 0 bridgehead atoms. The van der Waals surface area contributed by atoms with Crippen molar-refractivity contribution < 1.29 is 0 Å². The number of nitrogens with zero attached hydrogens (tertiary/aromatic N) is 2. The Morgan fingerprint density at radius 2 is 1.05 bits per heavy atom. The van der Waals surface area contributed by atoms with Crippen molar-refractivity contribution in [1.82, 2.24) is 24.9 Å². The molecule has 0 unspecified atom stereocenters. The third-order valence-corrected chi connectivity index (χ3v) is 8.87. The van der Waals surface area contributed by atoms with Crippen LogP contribution in [0.2, 0.25) is 0 Å². The normalized spacial score (nSPS) is 12.4. The summed E-state index contributed by atoms with van der Waals surface area (Å²) >= 11 is 0. The van der Waals surface area contributed by atoms with Crippen molar-refractivity contribution >= 4 is 75.9 Å². The van der Waals surface area contributed by atoms with E-state index in [2.05, 4.69) is 57.4 Å². The molecule has 7 heteroatoms. The van der Waals surface area contributed by atoms with Gasteiger partial charge in [0, 0.05) is 21.9 Å². The molecule has 0 atom stereocenters. The van der Waals surface area contributed by atoms with Crippen LogP contribution in [0.5, 0.6) is 0 Å². The van der Waals surface area contributed by atoms with Gasteiger partial charge in [0.05, 0.1) is 32.8 Å². The van der Waals surface area contributed by atoms with Crippen LogP contribution in [0.25, 0.3) is 98.7 Å². The monoisotopic (exact) mass is 553 g/mol. The molecule has 3 aromatic heterocycles. The lowest BCUT2D eigenvalue weighted by molar-refractivity contribution is 1.26. The van der Waals surface area contributed by atoms with Crippen molar-refractivity contribution in [3.8, 4) is 22.8 Å². The molecule has 0 saturated carbocycles. The number of para-hydroxylation sites is 4. The van der Waals surface area contributed by atoms with Crippen LogP contribution in [-0.2, 0) is 0 Å². The Morgan fingerprint density at radius 3 is 1.79 bits per heavy atom. The number of hydrogen-bond acceptors (Lipinski definition) is 4. The number of aromatic nitrogens is 5. The maximum absolute atomic E-state index is 13.8. The third kappa shape index (κ3) is 2.83. The molecule has 0 aliphatic carbocycles. The predicted molar refractivity (Wildman–Crippen MR) is 173 cm³/mol. The minimum Gasteiger partial charge on any atom is -0.338 e. The molecule has 0 aliphatic heterocycles. The van der Waals surface area contributed by atoms with Gasteiger partial charge >= 0.3 is 0 Å². The van der Waals surface area contributed by atoms with Crippen LogP contribution < -0.4 is 11.1 Å². The SMILES string of the molecule is O=c1[nH]c(=O)c2c1c(-c1nc3ccccc3[nH]1)c1c(-c3nc4ccccc4[nH]3)ccc3c4cccc5cccc(c54)c2c13. The quantitative estimate of drug-likeness (QED) is 0.153. The van der Waals surface area contributed by atoms with Gasteiger partial charge in [0.25, 0.3) is 11.1 Å². The molecule has 0 aliphatic rings. The summed E-state index contributed by atoms with van der Waals surface area (Å²) in [5, 5.41) is 8.38. The Balaban J connectivity index is 1.55. The number of aromatic amines is 3. The predicted octanol–water partition coefficient (Wildman–Crippen LogP) is 7.46. The van der Waals surface area contributed by atoms with E-state index < -0.39 is 11.1 Å². The maximum atomic E-state index is 13.8. The number of hydrogen-bond donors (Lipinski definition) is 3. The second-order valence-corrected chi connectivity index (χ2v) is 11.1. The zero-order valence-electron chi connectivity index (χ0n) is 22.4. The van der Waals surface area contributed by atoms with Gasteiger partial charge < -0.3 is 9.97 Å². The lowest BCUT2D eigenvalue weighted by Gasteiger charge is -2.19. The Hall–Kier alpha value is -6.08. The van der Waals surface area contributed by atoms with Crippen molar-refractivity contribution in [3.63, 3.8) is 0 Å². The fourth-order valence-corrected chi connectivity index (χ4v) is 7.16. The van der Waals surface area contributed by atoms with Gasteiger partial charge in [-0.15, -0.1) is 0 Å². The Kier molecular flexibility index (Phi) is 4.10. The molecule has 200 valence electrons. The van der Waals surface area contributed by atoms with Crippen LogP contribution in [0.3, 0.4) is 0 Å². The van der Waals surface area contributed by atoms with Crippen molar-refractivity contribution in [1.29, 1.82) is 0 Å². The highest BCUT2D eigenvalue weighted by molar-refractivity contribution is 6.41. The second-order valence-electron chi connectivity index (χ2n) is 11.1. The summed E-state index contributed by atoms with van der Waals surface area (Å²) in [4.78, 5) is 47.0. The molecule has 10 aromatic rings. The van der Waals surface area contributed by atoms with Gasteiger partial charge in [0.2, 0.25) is 0 Å². The molecule has 0 saturated heterocycles. The molecule has 0 spiro atoms. The van der Waals surface area contributed by atoms with Crippen LogP contribution in [0.1, 0.15) is 0 Å². The first-order valence-corrected chi connectivity index (χ1v) is 14.1. The molecule has 0 amide bonds. The minimum atomic E-state index is -0.430. The standard InChI is InChI=1S/C36H19N5O2/c42-35-31-28-20-10-6-8-17-7-5-9-18(26(17)20)19-15-16-21(33-37-22-11-1-2-12-23(22)38-33)29(27(19)28)30(32(31)36(43)41-35)34-39-24-13-3-4-14-25(24)40-34/h1-16H,(H,37,38)(H,39,40)(H,41,42,43). The number of rotatable bonds is 2. The molecule has 7 aromatic carbocycles. The van der Waals surface area contributed by atoms with E-state index in [0.717, 1.165) is 70.7 Å². The minimum absolute atomic E-state index is 0.331. The number of H-pyrrole nitrogens is 3. The number of benzene rings is 7. The molecule has 43 heavy (non-hydrogen) atoms. The molecule has 0 radical (unpaired) electrons. The lowest BCUT2D eigenvalue weighted by atomic mass is 9.84. The van der Waals surface area contributed by atoms with Crippen LogP contribution in [0.4, 0.5) is 0 Å². The lowest BCUT2D eigenvalue weighted by Crippen LogP contribution is -2.06. The maximum Gasteiger partial charge on any atom is 0.259 e. The van der Waals surface area contributed by atoms with Gasteiger partial charge in [-0.05, 0) is 62.6 Å². The van der Waals surface area contributed by atoms with Crippen molar-refractivity contribution in [3.05, 3.63) is 118 Å². The molecular weight excluding hydrogens is 534 g/mol. The molecule has 0 fully saturated rings. The second kappa shape index (κ2) is 7.80. The summed E-state index contributed by atoms with van der Waals surface area (Å²) < 4.78 is 0. The Labute approximate surface area is 241 Å². The van der Waals surface area contributed by atoms with Crippen LogP contribution in [0, 0.1) is 0 Å². The molecular formula is C36H19N5O2. The largest absolute Gasteiger partial charge is 0.338 e. The molecule has 7 nitrogen and oxygen atoms in total. The molecule has 10 rings (SSSR count). The van der Waals surface area contributed by atoms with E-state index in [-0.39, 0.29) is 0 Å². The summed E-state index contributed by atoms with van der Waals surface area (Å²) in [6, 6.07) is 32.3. The van der Waals surface area contributed by atoms with Gasteiger partial charge in [-0.3, -0.25) is 14.6 Å². The number of fused-ring (bicyclic) bond motifs is 6. The van der Waals surface area contributed by atoms with E-state index >= 15 is 0 Å². The smallest absolute Gasteiger partial charge is 0.259 e. The third-order valence-electron chi connectivity index (χ3n) is 8.87. The fourth-order valence-electron chi connectivity index (χ4n) is 7.16. The summed E-state index contributed by atoms with van der Waals surface area (Å²) in [6.07, 6.45) is 0. The molecule has 3 heterocycles. The van der Waals surface area contributed by atoms with Gasteiger partial charge in [0.1, 0.15) is 11.6 Å². The first-order chi connectivity index (χ1) is 21.2. The topological polar surface area (TPSA) is 107 Å². The van der Waals surface area contributed by atoms with Gasteiger partial charge in [-0.1, -0.05) is 66.7 Å². The van der Waals surface area contributed by atoms with E-state index in [1.54, 1.807) is 0 Å². The zero-order valence-corrected chi connectivity index (χ0v) is 22.4. The van der Waals surface area contributed by atoms with E-state index in [9.17, 15) is 9.59 Å². The van der Waals surface area contributed by atoms with Gasteiger partial charge in [0.15, 0.2) is 0 Å². The fraction of sp³-hybridized carbons (Fsp3) is 0. The first kappa shape index (κ1) is 22.6. The highest BCUT2D eigenvalue weighted by Crippen LogP contribution is 2.48. The highest BCUT2D eigenvalue weighted by atomic mass is 16.2. The van der Waals surface area contributed by atoms with Crippen LogP contribution in [-0.4, -0.2) is 24.9 Å². The average molecular weight is 554 g/mol. The van der Waals surface area contributed by atoms with E-state index in [0.29, 0.717) is 28.0 Å². The van der Waals surface area contributed by atoms with Crippen molar-refractivity contribution in [2.75, 3.05) is 0 Å². The molecule has 3 N–H and O–H groups in total. The zero-order chi connectivity index (χ0) is 28.4. The van der Waals surface area contributed by atoms with Crippen molar-refractivity contribution in [2.45, 2.75) is 0 Å². The summed E-state index contributed by atoms with van der Waals surface area (Å²) in [5.41, 5.74) is 3.97. The summed E-state index contributed by atoms with van der Waals surface area (Å²) in [7, 11) is 0.